The molecule has 1 aromatic rings. The van der Waals surface area contributed by atoms with E-state index in [1.54, 1.807) is 0 Å². The van der Waals surface area contributed by atoms with E-state index < -0.39 is 0 Å². The monoisotopic (exact) mass is 246 g/mol. The molecule has 3 heteroatoms. The van der Waals surface area contributed by atoms with Crippen molar-refractivity contribution in [1.29, 1.82) is 5.26 Å². The lowest BCUT2D eigenvalue weighted by Gasteiger charge is -2.14. The molecule has 0 heterocycles. The minimum absolute atomic E-state index is 0.243. The second-order valence-corrected chi connectivity index (χ2v) is 5.16. The van der Waals surface area contributed by atoms with Crippen molar-refractivity contribution in [1.82, 2.24) is 0 Å². The molecule has 0 saturated heterocycles. The van der Waals surface area contributed by atoms with Gasteiger partial charge in [0.05, 0.1) is 18.1 Å². The van der Waals surface area contributed by atoms with Gasteiger partial charge in [-0.2, -0.15) is 5.26 Å². The molecule has 98 valence electrons. The highest BCUT2D eigenvalue weighted by Crippen LogP contribution is 2.20. The lowest BCUT2D eigenvalue weighted by atomic mass is 9.90. The Morgan fingerprint density at radius 3 is 2.67 bits per heavy atom. The van der Waals surface area contributed by atoms with Crippen LogP contribution in [0.4, 0.5) is 5.69 Å². The van der Waals surface area contributed by atoms with E-state index >= 15 is 0 Å². The van der Waals surface area contributed by atoms with Crippen molar-refractivity contribution in [2.24, 2.45) is 5.41 Å². The van der Waals surface area contributed by atoms with Crippen LogP contribution >= 0.6 is 0 Å². The summed E-state index contributed by atoms with van der Waals surface area (Å²) in [6.45, 7) is 5.30. The number of anilines is 1. The molecule has 0 spiro atoms. The average Bonchev–Trinajstić information content (AvgIpc) is 2.35. The Kier molecular flexibility index (Phi) is 5.67. The predicted molar refractivity (Wildman–Crippen MR) is 74.0 cm³/mol. The van der Waals surface area contributed by atoms with Gasteiger partial charge in [0.25, 0.3) is 0 Å². The van der Waals surface area contributed by atoms with E-state index in [2.05, 4.69) is 6.07 Å². The standard InChI is InChI=1S/C15H22N2O/c1-15(2,12-16)9-5-10-18-11-8-13-6-3-4-7-14(13)17/h3-4,6-7H,5,8-11,17H2,1-2H3. The van der Waals surface area contributed by atoms with Crippen LogP contribution in [-0.4, -0.2) is 13.2 Å². The molecule has 0 aromatic heterocycles. The maximum atomic E-state index is 8.87. The van der Waals surface area contributed by atoms with Gasteiger partial charge in [-0.05, 0) is 44.7 Å². The fourth-order valence-electron chi connectivity index (χ4n) is 1.72. The van der Waals surface area contributed by atoms with Crippen LogP contribution in [0.1, 0.15) is 32.3 Å². The molecule has 0 aliphatic rings. The van der Waals surface area contributed by atoms with Crippen LogP contribution in [0.2, 0.25) is 0 Å². The molecule has 3 nitrogen and oxygen atoms in total. The summed E-state index contributed by atoms with van der Waals surface area (Å²) in [5.41, 5.74) is 7.56. The summed E-state index contributed by atoms with van der Waals surface area (Å²) in [6.07, 6.45) is 2.64. The third-order valence-corrected chi connectivity index (χ3v) is 2.96. The van der Waals surface area contributed by atoms with Crippen LogP contribution in [0.25, 0.3) is 0 Å². The van der Waals surface area contributed by atoms with Crippen LogP contribution in [0.15, 0.2) is 24.3 Å². The molecule has 2 N–H and O–H groups in total. The predicted octanol–water partition coefficient (Wildman–Crippen LogP) is 3.16. The van der Waals surface area contributed by atoms with E-state index in [1.165, 1.54) is 0 Å². The highest BCUT2D eigenvalue weighted by Gasteiger charge is 2.15. The number of nitriles is 1. The zero-order chi connectivity index (χ0) is 13.4. The highest BCUT2D eigenvalue weighted by molar-refractivity contribution is 5.46. The number of para-hydroxylation sites is 1. The Morgan fingerprint density at radius 2 is 2.00 bits per heavy atom. The third-order valence-electron chi connectivity index (χ3n) is 2.96. The minimum atomic E-state index is -0.243. The molecule has 1 aromatic carbocycles. The Bertz CT molecular complexity index is 407. The number of benzene rings is 1. The van der Waals surface area contributed by atoms with Gasteiger partial charge in [0.2, 0.25) is 0 Å². The average molecular weight is 246 g/mol. The second-order valence-electron chi connectivity index (χ2n) is 5.16. The van der Waals surface area contributed by atoms with Crippen molar-refractivity contribution in [3.8, 4) is 6.07 Å². The normalized spacial score (nSPS) is 11.2. The molecule has 0 unspecified atom stereocenters. The van der Waals surface area contributed by atoms with Gasteiger partial charge < -0.3 is 10.5 Å². The summed E-state index contributed by atoms with van der Waals surface area (Å²) in [4.78, 5) is 0. The first-order valence-electron chi connectivity index (χ1n) is 6.37. The molecule has 1 rings (SSSR count). The number of nitrogen functional groups attached to an aromatic ring is 1. The zero-order valence-electron chi connectivity index (χ0n) is 11.3. The summed E-state index contributed by atoms with van der Waals surface area (Å²) in [6, 6.07) is 10.1. The van der Waals surface area contributed by atoms with Gasteiger partial charge >= 0.3 is 0 Å². The maximum Gasteiger partial charge on any atom is 0.0683 e. The van der Waals surface area contributed by atoms with Gasteiger partial charge in [-0.3, -0.25) is 0 Å². The molecule has 0 bridgehead atoms. The van der Waals surface area contributed by atoms with Crippen molar-refractivity contribution < 1.29 is 4.74 Å². The first-order valence-corrected chi connectivity index (χ1v) is 6.37. The van der Waals surface area contributed by atoms with Crippen molar-refractivity contribution in [2.75, 3.05) is 18.9 Å². The number of nitrogens with zero attached hydrogens (tertiary/aromatic N) is 1. The number of ether oxygens (including phenoxy) is 1. The quantitative estimate of drug-likeness (QED) is 0.594. The van der Waals surface area contributed by atoms with E-state index in [1.807, 2.05) is 38.1 Å². The second kappa shape index (κ2) is 7.03. The van der Waals surface area contributed by atoms with Crippen LogP contribution in [-0.2, 0) is 11.2 Å². The first kappa shape index (κ1) is 14.5. The first-order chi connectivity index (χ1) is 8.55. The summed E-state index contributed by atoms with van der Waals surface area (Å²) in [7, 11) is 0. The Morgan fingerprint density at radius 1 is 1.28 bits per heavy atom. The number of rotatable bonds is 7. The molecule has 18 heavy (non-hydrogen) atoms. The largest absolute Gasteiger partial charge is 0.399 e. The highest BCUT2D eigenvalue weighted by atomic mass is 16.5. The number of nitrogens with two attached hydrogens (primary N) is 1. The van der Waals surface area contributed by atoms with Crippen LogP contribution in [0, 0.1) is 16.7 Å². The van der Waals surface area contributed by atoms with Crippen LogP contribution in [0.3, 0.4) is 0 Å². The molecule has 0 aliphatic carbocycles. The number of hydrogen-bond acceptors (Lipinski definition) is 3. The molecular weight excluding hydrogens is 224 g/mol. The molecule has 0 radical (unpaired) electrons. The van der Waals surface area contributed by atoms with E-state index in [4.69, 9.17) is 15.7 Å². The van der Waals surface area contributed by atoms with Crippen LogP contribution < -0.4 is 5.73 Å². The lowest BCUT2D eigenvalue weighted by molar-refractivity contribution is 0.128. The van der Waals surface area contributed by atoms with E-state index in [0.29, 0.717) is 13.2 Å². The van der Waals surface area contributed by atoms with E-state index in [-0.39, 0.29) is 5.41 Å². The molecule has 0 atom stereocenters. The minimum Gasteiger partial charge on any atom is -0.399 e. The summed E-state index contributed by atoms with van der Waals surface area (Å²) < 4.78 is 5.57. The summed E-state index contributed by atoms with van der Waals surface area (Å²) in [5, 5.41) is 8.87. The van der Waals surface area contributed by atoms with Gasteiger partial charge in [-0.15, -0.1) is 0 Å². The Labute approximate surface area is 110 Å². The SMILES string of the molecule is CC(C)(C#N)CCCOCCc1ccccc1N. The van der Waals surface area contributed by atoms with Gasteiger partial charge in [-0.1, -0.05) is 18.2 Å². The Hall–Kier alpha value is -1.53. The van der Waals surface area contributed by atoms with Gasteiger partial charge in [0.1, 0.15) is 0 Å². The van der Waals surface area contributed by atoms with Crippen LogP contribution in [0.5, 0.6) is 0 Å². The molecule has 0 aliphatic heterocycles. The molecule has 0 saturated carbocycles. The molecule has 0 amide bonds. The van der Waals surface area contributed by atoms with E-state index in [0.717, 1.165) is 30.5 Å². The number of hydrogen-bond donors (Lipinski definition) is 1. The fraction of sp³-hybridized carbons (Fsp3) is 0.533. The summed E-state index contributed by atoms with van der Waals surface area (Å²) in [5.74, 6) is 0. The van der Waals surface area contributed by atoms with E-state index in [9.17, 15) is 0 Å². The Balaban J connectivity index is 2.13. The maximum absolute atomic E-state index is 8.87. The fourth-order valence-corrected chi connectivity index (χ4v) is 1.72. The summed E-state index contributed by atoms with van der Waals surface area (Å²) >= 11 is 0. The molecule has 0 fully saturated rings. The zero-order valence-corrected chi connectivity index (χ0v) is 11.3. The van der Waals surface area contributed by atoms with Crippen molar-refractivity contribution in [2.45, 2.75) is 33.1 Å². The van der Waals surface area contributed by atoms with Gasteiger partial charge in [-0.25, -0.2) is 0 Å². The topological polar surface area (TPSA) is 59.0 Å². The molecular formula is C15H22N2O. The van der Waals surface area contributed by atoms with Gasteiger partial charge in [0, 0.05) is 12.3 Å². The third kappa shape index (κ3) is 5.20. The van der Waals surface area contributed by atoms with Crippen molar-refractivity contribution in [3.63, 3.8) is 0 Å². The van der Waals surface area contributed by atoms with Crippen molar-refractivity contribution in [3.05, 3.63) is 29.8 Å². The smallest absolute Gasteiger partial charge is 0.0683 e. The van der Waals surface area contributed by atoms with Crippen molar-refractivity contribution >= 4 is 5.69 Å². The lowest BCUT2D eigenvalue weighted by Crippen LogP contribution is -2.10. The van der Waals surface area contributed by atoms with Gasteiger partial charge in [0.15, 0.2) is 0 Å².